The van der Waals surface area contributed by atoms with Gasteiger partial charge in [0.1, 0.15) is 5.75 Å². The lowest BCUT2D eigenvalue weighted by atomic mass is 9.94. The third-order valence-corrected chi connectivity index (χ3v) is 5.09. The number of carbonyl (C=O) groups is 3. The zero-order valence-corrected chi connectivity index (χ0v) is 16.7. The first-order valence-electron chi connectivity index (χ1n) is 9.99. The highest BCUT2D eigenvalue weighted by Gasteiger charge is 2.32. The molecule has 1 aliphatic rings. The van der Waals surface area contributed by atoms with E-state index in [0.29, 0.717) is 35.2 Å². The second-order valence-electron chi connectivity index (χ2n) is 7.08. The summed E-state index contributed by atoms with van der Waals surface area (Å²) in [5.41, 5.74) is 1.73. The monoisotopic (exact) mass is 402 g/mol. The molecule has 0 spiro atoms. The Balaban J connectivity index is 1.38. The molecule has 152 valence electrons. The smallest absolute Gasteiger partial charge is 0.261 e. The van der Waals surface area contributed by atoms with Gasteiger partial charge in [-0.1, -0.05) is 24.3 Å². The van der Waals surface area contributed by atoms with Crippen LogP contribution in [0.1, 0.15) is 40.5 Å². The van der Waals surface area contributed by atoms with Crippen molar-refractivity contribution in [2.75, 3.05) is 18.5 Å². The number of anilines is 1. The van der Waals surface area contributed by atoms with Crippen LogP contribution < -0.4 is 10.1 Å². The Bertz CT molecular complexity index is 1070. The van der Waals surface area contributed by atoms with E-state index in [1.54, 1.807) is 36.4 Å². The predicted octanol–water partition coefficient (Wildman–Crippen LogP) is 4.25. The van der Waals surface area contributed by atoms with E-state index >= 15 is 0 Å². The molecule has 3 aromatic carbocycles. The standard InChI is InChI=1S/C24H22N2O4/c1-2-30-18-13-11-17(12-14-18)25-21(27)10-5-15-26-23(28)19-8-3-6-16-7-4-9-20(22(16)19)24(26)29/h3-4,6-9,11-14H,2,5,10,15H2,1H3,(H,25,27). The highest BCUT2D eigenvalue weighted by Crippen LogP contribution is 2.30. The van der Waals surface area contributed by atoms with E-state index in [9.17, 15) is 14.4 Å². The first-order valence-corrected chi connectivity index (χ1v) is 9.99. The first kappa shape index (κ1) is 19.6. The Morgan fingerprint density at radius 2 is 1.57 bits per heavy atom. The van der Waals surface area contributed by atoms with Crippen LogP contribution in [0.5, 0.6) is 5.75 Å². The quantitative estimate of drug-likeness (QED) is 0.600. The number of carbonyl (C=O) groups excluding carboxylic acids is 3. The average Bonchev–Trinajstić information content (AvgIpc) is 2.76. The molecule has 6 nitrogen and oxygen atoms in total. The minimum atomic E-state index is -0.309. The van der Waals surface area contributed by atoms with Crippen molar-refractivity contribution in [2.24, 2.45) is 0 Å². The number of imide groups is 1. The molecule has 0 aliphatic carbocycles. The molecule has 0 unspecified atom stereocenters. The van der Waals surface area contributed by atoms with Crippen molar-refractivity contribution in [3.63, 3.8) is 0 Å². The van der Waals surface area contributed by atoms with E-state index in [1.165, 1.54) is 4.90 Å². The van der Waals surface area contributed by atoms with Crippen LogP contribution in [-0.4, -0.2) is 35.8 Å². The molecule has 1 N–H and O–H groups in total. The molecule has 0 aromatic heterocycles. The minimum absolute atomic E-state index is 0.168. The molecule has 4 rings (SSSR count). The highest BCUT2D eigenvalue weighted by atomic mass is 16.5. The normalized spacial score (nSPS) is 12.9. The molecule has 0 bridgehead atoms. The van der Waals surface area contributed by atoms with E-state index in [-0.39, 0.29) is 30.7 Å². The minimum Gasteiger partial charge on any atom is -0.494 e. The van der Waals surface area contributed by atoms with Crippen molar-refractivity contribution >= 4 is 34.2 Å². The highest BCUT2D eigenvalue weighted by molar-refractivity contribution is 6.25. The van der Waals surface area contributed by atoms with Gasteiger partial charge in [-0.3, -0.25) is 19.3 Å². The van der Waals surface area contributed by atoms with Gasteiger partial charge >= 0.3 is 0 Å². The summed E-state index contributed by atoms with van der Waals surface area (Å²) < 4.78 is 5.38. The molecule has 3 aromatic rings. The van der Waals surface area contributed by atoms with E-state index < -0.39 is 0 Å². The summed E-state index contributed by atoms with van der Waals surface area (Å²) in [6.45, 7) is 2.68. The summed E-state index contributed by atoms with van der Waals surface area (Å²) in [5, 5.41) is 4.40. The van der Waals surface area contributed by atoms with Gasteiger partial charge in [0.05, 0.1) is 6.61 Å². The van der Waals surface area contributed by atoms with Gasteiger partial charge in [0.2, 0.25) is 5.91 Å². The Hall–Kier alpha value is -3.67. The largest absolute Gasteiger partial charge is 0.494 e. The number of nitrogens with one attached hydrogen (secondary N) is 1. The van der Waals surface area contributed by atoms with Crippen LogP contribution in [-0.2, 0) is 4.79 Å². The van der Waals surface area contributed by atoms with Crippen molar-refractivity contribution < 1.29 is 19.1 Å². The molecular weight excluding hydrogens is 380 g/mol. The SMILES string of the molecule is CCOc1ccc(NC(=O)CCCN2C(=O)c3cccc4cccc(c34)C2=O)cc1. The topological polar surface area (TPSA) is 75.7 Å². The van der Waals surface area contributed by atoms with E-state index in [1.807, 2.05) is 31.2 Å². The van der Waals surface area contributed by atoms with Crippen LogP contribution in [0.3, 0.4) is 0 Å². The van der Waals surface area contributed by atoms with Gasteiger partial charge in [0, 0.05) is 35.2 Å². The van der Waals surface area contributed by atoms with Crippen LogP contribution in [0.4, 0.5) is 5.69 Å². The summed E-state index contributed by atoms with van der Waals surface area (Å²) in [6, 6.07) is 18.0. The van der Waals surface area contributed by atoms with Crippen molar-refractivity contribution in [3.05, 3.63) is 71.8 Å². The fourth-order valence-electron chi connectivity index (χ4n) is 3.71. The molecule has 1 heterocycles. The summed E-state index contributed by atoms with van der Waals surface area (Å²) in [7, 11) is 0. The number of hydrogen-bond donors (Lipinski definition) is 1. The van der Waals surface area contributed by atoms with Crippen LogP contribution in [0, 0.1) is 0 Å². The van der Waals surface area contributed by atoms with Crippen LogP contribution in [0.2, 0.25) is 0 Å². The third kappa shape index (κ3) is 3.76. The summed E-state index contributed by atoms with van der Waals surface area (Å²) in [6.07, 6.45) is 0.592. The molecule has 30 heavy (non-hydrogen) atoms. The second kappa shape index (κ2) is 8.37. The Kier molecular flexibility index (Phi) is 5.48. The molecule has 0 radical (unpaired) electrons. The average molecular weight is 402 g/mol. The maximum absolute atomic E-state index is 12.9. The molecule has 6 heteroatoms. The zero-order valence-electron chi connectivity index (χ0n) is 16.7. The van der Waals surface area contributed by atoms with Gasteiger partial charge in [-0.2, -0.15) is 0 Å². The maximum atomic E-state index is 12.9. The molecule has 0 fully saturated rings. The lowest BCUT2D eigenvalue weighted by molar-refractivity contribution is -0.116. The van der Waals surface area contributed by atoms with Crippen LogP contribution in [0.25, 0.3) is 10.8 Å². The summed E-state index contributed by atoms with van der Waals surface area (Å²) in [5.74, 6) is -0.0427. The van der Waals surface area contributed by atoms with E-state index in [4.69, 9.17) is 4.74 Å². The van der Waals surface area contributed by atoms with Gasteiger partial charge in [-0.15, -0.1) is 0 Å². The number of benzene rings is 3. The number of nitrogens with zero attached hydrogens (tertiary/aromatic N) is 1. The summed E-state index contributed by atoms with van der Waals surface area (Å²) in [4.78, 5) is 39.2. The maximum Gasteiger partial charge on any atom is 0.261 e. The van der Waals surface area contributed by atoms with Gasteiger partial charge in [-0.25, -0.2) is 0 Å². The zero-order chi connectivity index (χ0) is 21.1. The van der Waals surface area contributed by atoms with Crippen molar-refractivity contribution in [2.45, 2.75) is 19.8 Å². The Morgan fingerprint density at radius 1 is 0.933 bits per heavy atom. The third-order valence-electron chi connectivity index (χ3n) is 5.09. The molecule has 0 saturated heterocycles. The number of rotatable bonds is 7. The van der Waals surface area contributed by atoms with Crippen LogP contribution >= 0.6 is 0 Å². The van der Waals surface area contributed by atoms with Crippen molar-refractivity contribution in [1.29, 1.82) is 0 Å². The van der Waals surface area contributed by atoms with Gasteiger partial charge < -0.3 is 10.1 Å². The van der Waals surface area contributed by atoms with Gasteiger partial charge in [-0.05, 0) is 55.1 Å². The molecule has 3 amide bonds. The molecule has 0 saturated carbocycles. The van der Waals surface area contributed by atoms with Gasteiger partial charge in [0.25, 0.3) is 11.8 Å². The van der Waals surface area contributed by atoms with Gasteiger partial charge in [0.15, 0.2) is 0 Å². The fourth-order valence-corrected chi connectivity index (χ4v) is 3.71. The number of ether oxygens (including phenoxy) is 1. The van der Waals surface area contributed by atoms with Crippen molar-refractivity contribution in [1.82, 2.24) is 4.90 Å². The van der Waals surface area contributed by atoms with E-state index in [2.05, 4.69) is 5.32 Å². The second-order valence-corrected chi connectivity index (χ2v) is 7.08. The first-order chi connectivity index (χ1) is 14.6. The predicted molar refractivity (Wildman–Crippen MR) is 115 cm³/mol. The summed E-state index contributed by atoms with van der Waals surface area (Å²) >= 11 is 0. The number of amides is 3. The van der Waals surface area contributed by atoms with Crippen molar-refractivity contribution in [3.8, 4) is 5.75 Å². The lowest BCUT2D eigenvalue weighted by Crippen LogP contribution is -2.41. The van der Waals surface area contributed by atoms with E-state index in [0.717, 1.165) is 11.1 Å². The Labute approximate surface area is 174 Å². The Morgan fingerprint density at radius 3 is 2.17 bits per heavy atom. The molecule has 0 atom stereocenters. The van der Waals surface area contributed by atoms with Crippen LogP contribution in [0.15, 0.2) is 60.7 Å². The fraction of sp³-hybridized carbons (Fsp3) is 0.208. The molecule has 1 aliphatic heterocycles. The molecular formula is C24H22N2O4. The lowest BCUT2D eigenvalue weighted by Gasteiger charge is -2.27. The number of hydrogen-bond acceptors (Lipinski definition) is 4.